The minimum Gasteiger partial charge on any atom is -0.492 e. The van der Waals surface area contributed by atoms with E-state index >= 15 is 0 Å². The first-order valence-corrected chi connectivity index (χ1v) is 13.5. The summed E-state index contributed by atoms with van der Waals surface area (Å²) in [4.78, 5) is 39.1. The molecule has 2 unspecified atom stereocenters. The lowest BCUT2D eigenvalue weighted by molar-refractivity contribution is -0.513. The molecule has 1 aromatic carbocycles. The molecular weight excluding hydrogens is 533 g/mol. The number of aliphatic imine (C=N–C) groups is 1. The number of para-hydroxylation sites is 1. The Morgan fingerprint density at radius 1 is 1.24 bits per heavy atom. The number of hydrogen-bond donors (Lipinski definition) is 7. The summed E-state index contributed by atoms with van der Waals surface area (Å²) in [5, 5.41) is 20.5. The molecule has 9 N–H and O–H groups in total. The third-order valence-electron chi connectivity index (χ3n) is 8.44. The normalized spacial score (nSPS) is 29.1. The molecule has 1 spiro atoms. The van der Waals surface area contributed by atoms with Gasteiger partial charge in [-0.2, -0.15) is 4.39 Å². The molecule has 0 bridgehead atoms. The van der Waals surface area contributed by atoms with Gasteiger partial charge in [0.05, 0.1) is 18.2 Å². The Morgan fingerprint density at radius 3 is 2.80 bits per heavy atom. The Hall–Kier alpha value is -4.46. The summed E-state index contributed by atoms with van der Waals surface area (Å²) in [7, 11) is 0. The van der Waals surface area contributed by atoms with Gasteiger partial charge in [0, 0.05) is 18.7 Å². The van der Waals surface area contributed by atoms with Gasteiger partial charge in [0.15, 0.2) is 12.0 Å². The van der Waals surface area contributed by atoms with Gasteiger partial charge >= 0.3 is 5.96 Å². The van der Waals surface area contributed by atoms with Crippen LogP contribution in [0, 0.1) is 5.95 Å². The van der Waals surface area contributed by atoms with Crippen LogP contribution in [0.5, 0.6) is 5.75 Å². The molecule has 0 aliphatic carbocycles. The lowest BCUT2D eigenvalue weighted by Crippen LogP contribution is -2.88. The van der Waals surface area contributed by atoms with Gasteiger partial charge in [-0.15, -0.1) is 0 Å². The summed E-state index contributed by atoms with van der Waals surface area (Å²) in [5.41, 5.74) is 12.4. The summed E-state index contributed by atoms with van der Waals surface area (Å²) < 4.78 is 19.4. The van der Waals surface area contributed by atoms with Gasteiger partial charge in [0.25, 0.3) is 11.8 Å². The van der Waals surface area contributed by atoms with E-state index in [4.69, 9.17) is 16.2 Å². The third-order valence-corrected chi connectivity index (χ3v) is 8.44. The Balaban J connectivity index is 1.23. The number of guanidine groups is 2. The fourth-order valence-electron chi connectivity index (χ4n) is 6.31. The molecule has 4 aliphatic rings. The molecule has 2 aromatic rings. The molecule has 0 radical (unpaired) electrons. The van der Waals surface area contributed by atoms with Gasteiger partial charge in [-0.3, -0.25) is 20.3 Å². The first kappa shape index (κ1) is 26.7. The highest BCUT2D eigenvalue weighted by Crippen LogP contribution is 2.41. The number of carbonyl (C=O) groups excluding carboxylic acids is 2. The summed E-state index contributed by atoms with van der Waals surface area (Å²) in [6, 6.07) is 7.36. The van der Waals surface area contributed by atoms with Gasteiger partial charge in [0.1, 0.15) is 23.6 Å². The predicted octanol–water partition coefficient (Wildman–Crippen LogP) is -2.75. The second-order valence-electron chi connectivity index (χ2n) is 11.4. The van der Waals surface area contributed by atoms with E-state index in [2.05, 4.69) is 44.8 Å². The van der Waals surface area contributed by atoms with E-state index in [1.165, 1.54) is 12.1 Å². The second kappa shape index (κ2) is 9.58. The molecule has 1 fully saturated rings. The van der Waals surface area contributed by atoms with Crippen LogP contribution in [0.4, 0.5) is 4.39 Å². The van der Waals surface area contributed by atoms with Crippen LogP contribution < -0.4 is 37.1 Å². The molecule has 14 heteroatoms. The van der Waals surface area contributed by atoms with Crippen molar-refractivity contribution in [2.75, 3.05) is 19.7 Å². The minimum absolute atomic E-state index is 0.00698. The first-order chi connectivity index (χ1) is 19.5. The van der Waals surface area contributed by atoms with E-state index in [0.717, 1.165) is 18.1 Å². The number of halogens is 1. The first-order valence-electron chi connectivity index (χ1n) is 13.5. The number of carbonyl (C=O) groups is 2. The molecular formula is C27H33FN9O4+. The van der Waals surface area contributed by atoms with Crippen LogP contribution in [-0.2, 0) is 5.41 Å². The zero-order valence-corrected chi connectivity index (χ0v) is 22.6. The monoisotopic (exact) mass is 566 g/mol. The van der Waals surface area contributed by atoms with Crippen molar-refractivity contribution in [3.8, 4) is 5.75 Å². The quantitative estimate of drug-likeness (QED) is 0.188. The highest BCUT2D eigenvalue weighted by molar-refractivity contribution is 5.98. The minimum atomic E-state index is -1.25. The van der Waals surface area contributed by atoms with Gasteiger partial charge < -0.3 is 31.1 Å². The SMILES string of the molecule is CC1(C)CCOc2c(C(=O)NC3CN4C(N)=N[C@@H](CNC(=O)c5cccc(F)n5)[C@@H]5[NH+]=C(N)NC54[C@@H]3O)cccc21. The molecule has 1 aromatic heterocycles. The lowest BCUT2D eigenvalue weighted by Gasteiger charge is -2.43. The fraction of sp³-hybridized carbons (Fsp3) is 0.444. The number of fused-ring (bicyclic) bond motifs is 1. The molecule has 5 heterocycles. The molecule has 0 saturated carbocycles. The molecule has 41 heavy (non-hydrogen) atoms. The Kier molecular flexibility index (Phi) is 6.25. The number of aliphatic hydroxyl groups is 1. The highest BCUT2D eigenvalue weighted by Gasteiger charge is 2.68. The number of aromatic nitrogens is 1. The molecule has 1 saturated heterocycles. The number of aliphatic hydroxyl groups excluding tert-OH is 1. The van der Waals surface area contributed by atoms with Crippen LogP contribution in [0.1, 0.15) is 46.7 Å². The summed E-state index contributed by atoms with van der Waals surface area (Å²) >= 11 is 0. The zero-order chi connectivity index (χ0) is 29.1. The number of nitrogens with zero attached hydrogens (tertiary/aromatic N) is 3. The van der Waals surface area contributed by atoms with Crippen molar-refractivity contribution < 1.29 is 28.8 Å². The van der Waals surface area contributed by atoms with Crippen LogP contribution in [0.25, 0.3) is 0 Å². The highest BCUT2D eigenvalue weighted by atomic mass is 19.1. The molecule has 216 valence electrons. The number of nitrogens with one attached hydrogen (secondary N) is 4. The largest absolute Gasteiger partial charge is 0.492 e. The van der Waals surface area contributed by atoms with Crippen LogP contribution >= 0.6 is 0 Å². The standard InChI is InChI=1S/C27H32FN9O4/c1-26(2)9-10-41-19-13(5-3-6-14(19)26)22(39)33-17-12-37-25(30)34-16(20-27(37,21(17)38)36-24(29)35-20)11-31-23(40)15-7-4-8-18(28)32-15/h3-8,16-17,20-21,38H,9-12H2,1-2H3,(H2,30,34)(H,31,40)(H,33,39)(H3,29,35,36)/p+1/t16-,17?,20-,21+,27?/m0/s1. The Bertz CT molecular complexity index is 1480. The number of rotatable bonds is 5. The fourth-order valence-corrected chi connectivity index (χ4v) is 6.31. The van der Waals surface area contributed by atoms with Crippen molar-refractivity contribution in [3.05, 3.63) is 59.2 Å². The summed E-state index contributed by atoms with van der Waals surface area (Å²) in [6.45, 7) is 4.87. The van der Waals surface area contributed by atoms with E-state index in [0.29, 0.717) is 17.9 Å². The summed E-state index contributed by atoms with van der Waals surface area (Å²) in [6.07, 6.45) is -0.347. The van der Waals surface area contributed by atoms with Crippen LogP contribution in [0.3, 0.4) is 0 Å². The van der Waals surface area contributed by atoms with Crippen molar-refractivity contribution >= 4 is 23.7 Å². The Morgan fingerprint density at radius 2 is 2.02 bits per heavy atom. The smallest absolute Gasteiger partial charge is 0.343 e. The van der Waals surface area contributed by atoms with E-state index in [1.54, 1.807) is 11.0 Å². The van der Waals surface area contributed by atoms with Crippen molar-refractivity contribution in [3.63, 3.8) is 0 Å². The Labute approximate surface area is 235 Å². The van der Waals surface area contributed by atoms with Crippen molar-refractivity contribution in [1.82, 2.24) is 25.8 Å². The molecule has 13 nitrogen and oxygen atoms in total. The van der Waals surface area contributed by atoms with E-state index in [1.807, 2.05) is 12.1 Å². The number of pyridine rings is 1. The third kappa shape index (κ3) is 4.29. The maximum atomic E-state index is 13.5. The van der Waals surface area contributed by atoms with Gasteiger partial charge in [-0.25, -0.2) is 15.3 Å². The topological polar surface area (TPSA) is 194 Å². The van der Waals surface area contributed by atoms with Crippen LogP contribution in [0.15, 0.2) is 41.4 Å². The predicted molar refractivity (Wildman–Crippen MR) is 145 cm³/mol. The molecule has 6 rings (SSSR count). The maximum Gasteiger partial charge on any atom is 0.343 e. The van der Waals surface area contributed by atoms with Crippen LogP contribution in [0.2, 0.25) is 0 Å². The van der Waals surface area contributed by atoms with E-state index in [9.17, 15) is 19.1 Å². The molecule has 5 atom stereocenters. The van der Waals surface area contributed by atoms with E-state index in [-0.39, 0.29) is 42.0 Å². The average Bonchev–Trinajstić information content (AvgIpc) is 3.43. The van der Waals surface area contributed by atoms with Crippen molar-refractivity contribution in [1.29, 1.82) is 0 Å². The molecule has 2 amide bonds. The molecule has 4 aliphatic heterocycles. The zero-order valence-electron chi connectivity index (χ0n) is 22.6. The average molecular weight is 567 g/mol. The number of ether oxygens (including phenoxy) is 1. The van der Waals surface area contributed by atoms with Gasteiger partial charge in [-0.1, -0.05) is 32.0 Å². The number of benzene rings is 1. The maximum absolute atomic E-state index is 13.5. The van der Waals surface area contributed by atoms with Crippen molar-refractivity contribution in [2.24, 2.45) is 16.5 Å². The van der Waals surface area contributed by atoms with Crippen molar-refractivity contribution in [2.45, 2.75) is 55.6 Å². The number of nitrogens with two attached hydrogens (primary N) is 2. The van der Waals surface area contributed by atoms with Gasteiger partial charge in [-0.05, 0) is 30.0 Å². The van der Waals surface area contributed by atoms with Gasteiger partial charge in [0.2, 0.25) is 11.6 Å². The second-order valence-corrected chi connectivity index (χ2v) is 11.4. The summed E-state index contributed by atoms with van der Waals surface area (Å²) in [5.74, 6) is -0.916. The van der Waals surface area contributed by atoms with E-state index < -0.39 is 41.7 Å². The number of amides is 2. The number of hydrogen-bond acceptors (Lipinski definition) is 10. The lowest BCUT2D eigenvalue weighted by atomic mass is 9.79. The van der Waals surface area contributed by atoms with Crippen LogP contribution in [-0.4, -0.2) is 88.3 Å².